The minimum Gasteiger partial charge on any atom is -0.374 e. The van der Waals surface area contributed by atoms with Crippen molar-refractivity contribution in [3.05, 3.63) is 33.8 Å². The summed E-state index contributed by atoms with van der Waals surface area (Å²) in [5.74, 6) is 0.582. The summed E-state index contributed by atoms with van der Waals surface area (Å²) in [6, 6.07) is 5.51. The Labute approximate surface area is 172 Å². The van der Waals surface area contributed by atoms with Crippen LogP contribution in [0, 0.1) is 5.92 Å². The molecular formula is C20H31Cl2N3O2. The van der Waals surface area contributed by atoms with Gasteiger partial charge in [-0.25, -0.2) is 0 Å². The molecule has 1 aliphatic rings. The lowest BCUT2D eigenvalue weighted by Crippen LogP contribution is -2.50. The number of rotatable bonds is 8. The molecule has 1 aromatic carbocycles. The van der Waals surface area contributed by atoms with Gasteiger partial charge in [0.1, 0.15) is 0 Å². The molecule has 27 heavy (non-hydrogen) atoms. The van der Waals surface area contributed by atoms with E-state index < -0.39 is 5.54 Å². The SMILES string of the molecule is CC(C)CN1CCOC(CNC(=O)CNC(C)(C)c2ccc(Cl)c(Cl)c2)C1. The van der Waals surface area contributed by atoms with E-state index in [1.807, 2.05) is 26.0 Å². The zero-order chi connectivity index (χ0) is 20.0. The molecule has 5 nitrogen and oxygen atoms in total. The summed E-state index contributed by atoms with van der Waals surface area (Å²) in [5, 5.41) is 7.28. The first-order valence-corrected chi connectivity index (χ1v) is 10.2. The van der Waals surface area contributed by atoms with Gasteiger partial charge >= 0.3 is 0 Å². The summed E-state index contributed by atoms with van der Waals surface area (Å²) >= 11 is 12.1. The van der Waals surface area contributed by atoms with Crippen LogP contribution in [0.4, 0.5) is 0 Å². The topological polar surface area (TPSA) is 53.6 Å². The fourth-order valence-corrected chi connectivity index (χ4v) is 3.46. The lowest BCUT2D eigenvalue weighted by atomic mass is 9.94. The van der Waals surface area contributed by atoms with E-state index in [0.29, 0.717) is 22.5 Å². The molecule has 1 aliphatic heterocycles. The third-order valence-corrected chi connectivity index (χ3v) is 5.44. The average Bonchev–Trinajstić information content (AvgIpc) is 2.60. The monoisotopic (exact) mass is 415 g/mol. The number of benzene rings is 1. The first-order valence-electron chi connectivity index (χ1n) is 9.48. The number of hydrogen-bond donors (Lipinski definition) is 2. The second kappa shape index (κ2) is 10.1. The Bertz CT molecular complexity index is 638. The van der Waals surface area contributed by atoms with E-state index in [4.69, 9.17) is 27.9 Å². The van der Waals surface area contributed by atoms with Crippen LogP contribution in [0.5, 0.6) is 0 Å². The molecule has 0 aromatic heterocycles. The second-order valence-electron chi connectivity index (χ2n) is 8.06. The first kappa shape index (κ1) is 22.4. The number of ether oxygens (including phenoxy) is 1. The number of morpholine rings is 1. The van der Waals surface area contributed by atoms with Gasteiger partial charge in [0.25, 0.3) is 0 Å². The second-order valence-corrected chi connectivity index (χ2v) is 8.87. The molecule has 0 spiro atoms. The number of nitrogens with one attached hydrogen (secondary N) is 2. The highest BCUT2D eigenvalue weighted by Gasteiger charge is 2.23. The quantitative estimate of drug-likeness (QED) is 0.683. The van der Waals surface area contributed by atoms with Crippen molar-refractivity contribution in [3.63, 3.8) is 0 Å². The fraction of sp³-hybridized carbons (Fsp3) is 0.650. The van der Waals surface area contributed by atoms with E-state index in [2.05, 4.69) is 29.4 Å². The van der Waals surface area contributed by atoms with Crippen molar-refractivity contribution < 1.29 is 9.53 Å². The van der Waals surface area contributed by atoms with Gasteiger partial charge in [0, 0.05) is 31.7 Å². The summed E-state index contributed by atoms with van der Waals surface area (Å²) in [6.45, 7) is 12.8. The van der Waals surface area contributed by atoms with Gasteiger partial charge in [0.15, 0.2) is 0 Å². The summed E-state index contributed by atoms with van der Waals surface area (Å²) < 4.78 is 5.78. The Morgan fingerprint density at radius 2 is 2.07 bits per heavy atom. The van der Waals surface area contributed by atoms with E-state index >= 15 is 0 Å². The van der Waals surface area contributed by atoms with Crippen LogP contribution in [0.1, 0.15) is 33.3 Å². The summed E-state index contributed by atoms with van der Waals surface area (Å²) in [4.78, 5) is 14.7. The Morgan fingerprint density at radius 3 is 2.74 bits per heavy atom. The smallest absolute Gasteiger partial charge is 0.234 e. The molecule has 0 bridgehead atoms. The molecule has 1 fully saturated rings. The van der Waals surface area contributed by atoms with Crippen molar-refractivity contribution in [2.75, 3.05) is 39.3 Å². The highest BCUT2D eigenvalue weighted by atomic mass is 35.5. The van der Waals surface area contributed by atoms with E-state index in [9.17, 15) is 4.79 Å². The molecule has 0 saturated carbocycles. The molecule has 1 saturated heterocycles. The number of amides is 1. The van der Waals surface area contributed by atoms with Crippen molar-refractivity contribution in [2.45, 2.75) is 39.3 Å². The number of nitrogens with zero attached hydrogens (tertiary/aromatic N) is 1. The zero-order valence-corrected chi connectivity index (χ0v) is 18.2. The molecule has 2 rings (SSSR count). The van der Waals surface area contributed by atoms with Crippen LogP contribution in [0.25, 0.3) is 0 Å². The van der Waals surface area contributed by atoms with Gasteiger partial charge in [-0.3, -0.25) is 15.0 Å². The minimum absolute atomic E-state index is 0.0459. The molecule has 1 aromatic rings. The van der Waals surface area contributed by atoms with Crippen LogP contribution in [0.15, 0.2) is 18.2 Å². The summed E-state index contributed by atoms with van der Waals surface area (Å²) in [6.07, 6.45) is 0.0459. The van der Waals surface area contributed by atoms with Gasteiger partial charge < -0.3 is 10.1 Å². The van der Waals surface area contributed by atoms with Crippen LogP contribution >= 0.6 is 23.2 Å². The van der Waals surface area contributed by atoms with Crippen molar-refractivity contribution in [2.24, 2.45) is 5.92 Å². The molecule has 1 atom stereocenters. The Hall–Kier alpha value is -0.850. The standard InChI is InChI=1S/C20H31Cl2N3O2/c1-14(2)12-25-7-8-27-16(13-25)10-23-19(26)11-24-20(3,4)15-5-6-17(21)18(22)9-15/h5-6,9,14,16,24H,7-8,10-13H2,1-4H3,(H,23,26). The van der Waals surface area contributed by atoms with E-state index in [1.165, 1.54) is 0 Å². The predicted octanol–water partition coefficient (Wildman–Crippen LogP) is 3.29. The van der Waals surface area contributed by atoms with E-state index in [1.54, 1.807) is 6.07 Å². The Kier molecular flexibility index (Phi) is 8.38. The molecule has 1 unspecified atom stereocenters. The van der Waals surface area contributed by atoms with Gasteiger partial charge in [0.2, 0.25) is 5.91 Å². The highest BCUT2D eigenvalue weighted by molar-refractivity contribution is 6.42. The predicted molar refractivity (Wildman–Crippen MR) is 112 cm³/mol. The molecule has 1 heterocycles. The van der Waals surface area contributed by atoms with Crippen LogP contribution in [-0.2, 0) is 15.1 Å². The average molecular weight is 416 g/mol. The minimum atomic E-state index is -0.402. The van der Waals surface area contributed by atoms with Gasteiger partial charge in [-0.1, -0.05) is 43.1 Å². The number of hydrogen-bond acceptors (Lipinski definition) is 4. The molecule has 152 valence electrons. The van der Waals surface area contributed by atoms with Gasteiger partial charge in [-0.05, 0) is 37.5 Å². The maximum Gasteiger partial charge on any atom is 0.234 e. The maximum absolute atomic E-state index is 12.3. The summed E-state index contributed by atoms with van der Waals surface area (Å²) in [5.41, 5.74) is 0.575. The number of halogens is 2. The molecule has 0 radical (unpaired) electrons. The van der Waals surface area contributed by atoms with Gasteiger partial charge in [-0.15, -0.1) is 0 Å². The van der Waals surface area contributed by atoms with Crippen LogP contribution in [0.3, 0.4) is 0 Å². The molecule has 2 N–H and O–H groups in total. The molecule has 7 heteroatoms. The van der Waals surface area contributed by atoms with Gasteiger partial charge in [-0.2, -0.15) is 0 Å². The summed E-state index contributed by atoms with van der Waals surface area (Å²) in [7, 11) is 0. The Morgan fingerprint density at radius 1 is 1.33 bits per heavy atom. The zero-order valence-electron chi connectivity index (χ0n) is 16.6. The van der Waals surface area contributed by atoms with E-state index in [-0.39, 0.29) is 18.6 Å². The largest absolute Gasteiger partial charge is 0.374 e. The molecular weight excluding hydrogens is 385 g/mol. The van der Waals surface area contributed by atoms with Crippen molar-refractivity contribution in [3.8, 4) is 0 Å². The van der Waals surface area contributed by atoms with E-state index in [0.717, 1.165) is 31.8 Å². The van der Waals surface area contributed by atoms with Crippen molar-refractivity contribution >= 4 is 29.1 Å². The van der Waals surface area contributed by atoms with Crippen molar-refractivity contribution in [1.29, 1.82) is 0 Å². The fourth-order valence-electron chi connectivity index (χ4n) is 3.16. The van der Waals surface area contributed by atoms with Crippen molar-refractivity contribution in [1.82, 2.24) is 15.5 Å². The highest BCUT2D eigenvalue weighted by Crippen LogP contribution is 2.28. The van der Waals surface area contributed by atoms with Crippen LogP contribution in [-0.4, -0.2) is 56.2 Å². The lowest BCUT2D eigenvalue weighted by Gasteiger charge is -2.34. The number of carbonyl (C=O) groups is 1. The third kappa shape index (κ3) is 7.24. The lowest BCUT2D eigenvalue weighted by molar-refractivity contribution is -0.121. The third-order valence-electron chi connectivity index (χ3n) is 4.71. The molecule has 0 aliphatic carbocycles. The van der Waals surface area contributed by atoms with Crippen LogP contribution < -0.4 is 10.6 Å². The number of carbonyl (C=O) groups excluding carboxylic acids is 1. The first-order chi connectivity index (χ1) is 12.7. The normalized spacial score (nSPS) is 18.7. The Balaban J connectivity index is 1.77. The van der Waals surface area contributed by atoms with Gasteiger partial charge in [0.05, 0.1) is 29.3 Å². The molecule has 1 amide bonds. The van der Waals surface area contributed by atoms with Crippen LogP contribution in [0.2, 0.25) is 10.0 Å². The maximum atomic E-state index is 12.3.